The van der Waals surface area contributed by atoms with Crippen molar-refractivity contribution in [3.05, 3.63) is 66.0 Å². The molecule has 0 radical (unpaired) electrons. The van der Waals surface area contributed by atoms with E-state index >= 15 is 0 Å². The van der Waals surface area contributed by atoms with Gasteiger partial charge in [-0.25, -0.2) is 0 Å². The van der Waals surface area contributed by atoms with E-state index in [0.29, 0.717) is 19.4 Å². The minimum Gasteiger partial charge on any atom is -0.394 e. The molecule has 120 valence electrons. The van der Waals surface area contributed by atoms with Crippen molar-refractivity contribution in [2.24, 2.45) is 0 Å². The molecule has 4 heteroatoms. The van der Waals surface area contributed by atoms with Crippen molar-refractivity contribution in [3.8, 4) is 0 Å². The number of pyridine rings is 1. The van der Waals surface area contributed by atoms with Crippen LogP contribution in [0, 0.1) is 0 Å². The normalized spacial score (nSPS) is 20.7. The molecule has 1 saturated heterocycles. The fourth-order valence-electron chi connectivity index (χ4n) is 3.48. The molecule has 1 amide bonds. The van der Waals surface area contributed by atoms with Gasteiger partial charge in [0.25, 0.3) is 0 Å². The zero-order valence-corrected chi connectivity index (χ0v) is 13.2. The van der Waals surface area contributed by atoms with Gasteiger partial charge in [0.05, 0.1) is 18.6 Å². The van der Waals surface area contributed by atoms with Crippen LogP contribution in [-0.4, -0.2) is 39.6 Å². The average Bonchev–Trinajstić information content (AvgIpc) is 3.01. The van der Waals surface area contributed by atoms with E-state index in [1.807, 2.05) is 35.2 Å². The number of aromatic nitrogens is 1. The molecule has 0 saturated carbocycles. The van der Waals surface area contributed by atoms with E-state index in [1.165, 1.54) is 0 Å². The number of carbonyl (C=O) groups is 1. The van der Waals surface area contributed by atoms with E-state index in [4.69, 9.17) is 0 Å². The Hall–Kier alpha value is -2.20. The topological polar surface area (TPSA) is 53.4 Å². The largest absolute Gasteiger partial charge is 0.394 e. The Morgan fingerprint density at radius 1 is 1.17 bits per heavy atom. The molecule has 3 rings (SSSR count). The molecular weight excluding hydrogens is 288 g/mol. The monoisotopic (exact) mass is 310 g/mol. The second kappa shape index (κ2) is 6.92. The van der Waals surface area contributed by atoms with E-state index in [-0.39, 0.29) is 12.5 Å². The zero-order valence-electron chi connectivity index (χ0n) is 13.2. The molecule has 1 fully saturated rings. The summed E-state index contributed by atoms with van der Waals surface area (Å²) in [5, 5.41) is 10.1. The molecule has 1 aromatic heterocycles. The van der Waals surface area contributed by atoms with Crippen LogP contribution in [0.5, 0.6) is 0 Å². The number of benzene rings is 1. The van der Waals surface area contributed by atoms with Crippen molar-refractivity contribution in [1.29, 1.82) is 0 Å². The van der Waals surface area contributed by atoms with E-state index in [2.05, 4.69) is 17.1 Å². The fraction of sp³-hybridized carbons (Fsp3) is 0.368. The lowest BCUT2D eigenvalue weighted by molar-refractivity contribution is -0.136. The summed E-state index contributed by atoms with van der Waals surface area (Å²) in [7, 11) is 0. The Kier molecular flexibility index (Phi) is 4.72. The van der Waals surface area contributed by atoms with Crippen LogP contribution in [0.4, 0.5) is 0 Å². The maximum Gasteiger partial charge on any atom is 0.227 e. The molecule has 1 N–H and O–H groups in total. The van der Waals surface area contributed by atoms with E-state index in [0.717, 1.165) is 24.0 Å². The molecule has 23 heavy (non-hydrogen) atoms. The molecule has 0 spiro atoms. The minimum atomic E-state index is -0.472. The van der Waals surface area contributed by atoms with Crippen molar-refractivity contribution in [2.45, 2.75) is 31.2 Å². The van der Waals surface area contributed by atoms with Crippen molar-refractivity contribution in [1.82, 2.24) is 9.88 Å². The molecule has 1 atom stereocenters. The molecule has 1 aliphatic rings. The smallest absolute Gasteiger partial charge is 0.227 e. The highest BCUT2D eigenvalue weighted by molar-refractivity contribution is 5.80. The number of amides is 1. The van der Waals surface area contributed by atoms with Crippen LogP contribution < -0.4 is 0 Å². The van der Waals surface area contributed by atoms with Gasteiger partial charge >= 0.3 is 0 Å². The lowest BCUT2D eigenvalue weighted by Gasteiger charge is -2.37. The van der Waals surface area contributed by atoms with Gasteiger partial charge in [0.15, 0.2) is 0 Å². The molecule has 1 unspecified atom stereocenters. The van der Waals surface area contributed by atoms with E-state index in [9.17, 15) is 9.90 Å². The first kappa shape index (κ1) is 15.7. The molecule has 2 aromatic rings. The third kappa shape index (κ3) is 3.42. The van der Waals surface area contributed by atoms with Gasteiger partial charge in [-0.3, -0.25) is 9.78 Å². The Labute approximate surface area is 136 Å². The first-order valence-electron chi connectivity index (χ1n) is 8.08. The van der Waals surface area contributed by atoms with Crippen LogP contribution in [0.1, 0.15) is 24.0 Å². The minimum absolute atomic E-state index is 0.000669. The first-order valence-corrected chi connectivity index (χ1v) is 8.08. The van der Waals surface area contributed by atoms with Gasteiger partial charge < -0.3 is 10.0 Å². The number of rotatable bonds is 5. The standard InChI is InChI=1S/C19H22N2O2/c22-15-19(13-16-6-2-1-3-7-16)9-5-11-21(19)18(23)12-17-8-4-10-20-14-17/h1-4,6-8,10,14,22H,5,9,11-13,15H2. The number of aliphatic hydroxyl groups is 1. The van der Waals surface area contributed by atoms with Gasteiger partial charge in [0.2, 0.25) is 5.91 Å². The number of aliphatic hydroxyl groups excluding tert-OH is 1. The summed E-state index contributed by atoms with van der Waals surface area (Å²) in [6, 6.07) is 13.8. The van der Waals surface area contributed by atoms with Crippen molar-refractivity contribution < 1.29 is 9.90 Å². The summed E-state index contributed by atoms with van der Waals surface area (Å²) in [5.41, 5.74) is 1.60. The molecule has 1 aromatic carbocycles. The number of carbonyl (C=O) groups excluding carboxylic acids is 1. The van der Waals surface area contributed by atoms with Gasteiger partial charge in [-0.05, 0) is 36.5 Å². The second-order valence-electron chi connectivity index (χ2n) is 6.23. The van der Waals surface area contributed by atoms with Crippen molar-refractivity contribution in [2.75, 3.05) is 13.2 Å². The lowest BCUT2D eigenvalue weighted by Crippen LogP contribution is -2.52. The van der Waals surface area contributed by atoms with Crippen molar-refractivity contribution >= 4 is 5.91 Å². The van der Waals surface area contributed by atoms with Crippen LogP contribution in [-0.2, 0) is 17.6 Å². The van der Waals surface area contributed by atoms with Gasteiger partial charge in [-0.2, -0.15) is 0 Å². The Bertz CT molecular complexity index is 645. The highest BCUT2D eigenvalue weighted by atomic mass is 16.3. The second-order valence-corrected chi connectivity index (χ2v) is 6.23. The lowest BCUT2D eigenvalue weighted by atomic mass is 9.88. The predicted molar refractivity (Wildman–Crippen MR) is 88.9 cm³/mol. The molecule has 0 bridgehead atoms. The summed E-state index contributed by atoms with van der Waals surface area (Å²) in [6.07, 6.45) is 6.25. The summed E-state index contributed by atoms with van der Waals surface area (Å²) in [5.74, 6) is 0.0699. The number of hydrogen-bond donors (Lipinski definition) is 1. The summed E-state index contributed by atoms with van der Waals surface area (Å²) < 4.78 is 0. The van der Waals surface area contributed by atoms with Crippen LogP contribution in [0.3, 0.4) is 0 Å². The molecule has 0 aliphatic carbocycles. The number of likely N-dealkylation sites (tertiary alicyclic amines) is 1. The molecule has 1 aliphatic heterocycles. The average molecular weight is 310 g/mol. The molecule has 2 heterocycles. The summed E-state index contributed by atoms with van der Waals surface area (Å²) in [6.45, 7) is 0.715. The van der Waals surface area contributed by atoms with Crippen molar-refractivity contribution in [3.63, 3.8) is 0 Å². The predicted octanol–water partition coefficient (Wildman–Crippen LogP) is 2.22. The fourth-order valence-corrected chi connectivity index (χ4v) is 3.48. The molecule has 4 nitrogen and oxygen atoms in total. The third-order valence-electron chi connectivity index (χ3n) is 4.65. The number of hydrogen-bond acceptors (Lipinski definition) is 3. The zero-order chi connectivity index (χ0) is 16.1. The summed E-state index contributed by atoms with van der Waals surface area (Å²) >= 11 is 0. The third-order valence-corrected chi connectivity index (χ3v) is 4.65. The van der Waals surface area contributed by atoms with Gasteiger partial charge in [-0.1, -0.05) is 36.4 Å². The SMILES string of the molecule is O=C(Cc1cccnc1)N1CCCC1(CO)Cc1ccccc1. The van der Waals surface area contributed by atoms with Crippen LogP contribution >= 0.6 is 0 Å². The van der Waals surface area contributed by atoms with Gasteiger partial charge in [0, 0.05) is 18.9 Å². The van der Waals surface area contributed by atoms with Crippen LogP contribution in [0.2, 0.25) is 0 Å². The Morgan fingerprint density at radius 2 is 1.96 bits per heavy atom. The number of nitrogens with zero attached hydrogens (tertiary/aromatic N) is 2. The summed E-state index contributed by atoms with van der Waals surface area (Å²) in [4.78, 5) is 18.7. The van der Waals surface area contributed by atoms with E-state index in [1.54, 1.807) is 12.4 Å². The highest BCUT2D eigenvalue weighted by Gasteiger charge is 2.42. The van der Waals surface area contributed by atoms with Gasteiger partial charge in [-0.15, -0.1) is 0 Å². The maximum absolute atomic E-state index is 12.8. The Balaban J connectivity index is 1.78. The maximum atomic E-state index is 12.8. The quantitative estimate of drug-likeness (QED) is 0.921. The first-order chi connectivity index (χ1) is 11.2. The van der Waals surface area contributed by atoms with Crippen LogP contribution in [0.25, 0.3) is 0 Å². The molecular formula is C19H22N2O2. The highest BCUT2D eigenvalue weighted by Crippen LogP contribution is 2.33. The van der Waals surface area contributed by atoms with Gasteiger partial charge in [0.1, 0.15) is 0 Å². The Morgan fingerprint density at radius 3 is 2.65 bits per heavy atom. The van der Waals surface area contributed by atoms with E-state index < -0.39 is 5.54 Å². The van der Waals surface area contributed by atoms with Crippen LogP contribution in [0.15, 0.2) is 54.9 Å².